The summed E-state index contributed by atoms with van der Waals surface area (Å²) >= 11 is 0. The van der Waals surface area contributed by atoms with Crippen LogP contribution in [0.2, 0.25) is 0 Å². The standard InChI is InChI=1S/C21H13N5O/c1-2-4-18-17(3-1)25-21(27-18)16-13-24-20(15-7-11-23-12-8-15)26-19(16)14-5-9-22-10-6-14/h1-13H. The number of fused-ring (bicyclic) bond motifs is 1. The molecule has 0 aliphatic rings. The van der Waals surface area contributed by atoms with Crippen LogP contribution in [0.3, 0.4) is 0 Å². The van der Waals surface area contributed by atoms with Crippen molar-refractivity contribution in [2.75, 3.05) is 0 Å². The lowest BCUT2D eigenvalue weighted by Gasteiger charge is -2.08. The molecule has 4 heterocycles. The summed E-state index contributed by atoms with van der Waals surface area (Å²) in [6, 6.07) is 15.2. The molecule has 128 valence electrons. The normalized spacial score (nSPS) is 11.0. The zero-order chi connectivity index (χ0) is 18.1. The van der Waals surface area contributed by atoms with E-state index < -0.39 is 0 Å². The minimum absolute atomic E-state index is 0.490. The van der Waals surface area contributed by atoms with Gasteiger partial charge in [0.05, 0.1) is 11.3 Å². The molecule has 6 nitrogen and oxygen atoms in total. The van der Waals surface area contributed by atoms with Gasteiger partial charge in [-0.2, -0.15) is 0 Å². The van der Waals surface area contributed by atoms with E-state index in [4.69, 9.17) is 9.40 Å². The van der Waals surface area contributed by atoms with Gasteiger partial charge in [0.15, 0.2) is 11.4 Å². The highest BCUT2D eigenvalue weighted by Crippen LogP contribution is 2.32. The van der Waals surface area contributed by atoms with Gasteiger partial charge in [-0.3, -0.25) is 9.97 Å². The number of oxazole rings is 1. The average Bonchev–Trinajstić information content (AvgIpc) is 3.19. The molecule has 0 bridgehead atoms. The Labute approximate surface area is 154 Å². The number of aromatic nitrogens is 5. The van der Waals surface area contributed by atoms with Crippen LogP contribution in [-0.2, 0) is 0 Å². The summed E-state index contributed by atoms with van der Waals surface area (Å²) < 4.78 is 5.95. The van der Waals surface area contributed by atoms with Crippen LogP contribution in [0, 0.1) is 0 Å². The van der Waals surface area contributed by atoms with Gasteiger partial charge < -0.3 is 4.42 Å². The van der Waals surface area contributed by atoms with Crippen LogP contribution in [0.25, 0.3) is 45.2 Å². The number of nitrogens with zero attached hydrogens (tertiary/aromatic N) is 5. The highest BCUT2D eigenvalue weighted by atomic mass is 16.3. The van der Waals surface area contributed by atoms with Gasteiger partial charge >= 0.3 is 0 Å². The molecule has 27 heavy (non-hydrogen) atoms. The molecule has 5 rings (SSSR count). The van der Waals surface area contributed by atoms with Gasteiger partial charge in [-0.1, -0.05) is 12.1 Å². The Morgan fingerprint density at radius 2 is 1.41 bits per heavy atom. The van der Waals surface area contributed by atoms with E-state index in [2.05, 4.69) is 19.9 Å². The Morgan fingerprint density at radius 1 is 0.704 bits per heavy atom. The minimum atomic E-state index is 0.490. The number of rotatable bonds is 3. The number of hydrogen-bond acceptors (Lipinski definition) is 6. The van der Waals surface area contributed by atoms with Crippen molar-refractivity contribution in [3.8, 4) is 34.1 Å². The van der Waals surface area contributed by atoms with E-state index in [1.54, 1.807) is 31.0 Å². The Balaban J connectivity index is 1.73. The Morgan fingerprint density at radius 3 is 2.15 bits per heavy atom. The number of pyridine rings is 2. The molecule has 0 aliphatic carbocycles. The maximum absolute atomic E-state index is 5.95. The molecule has 5 aromatic rings. The molecule has 0 amide bonds. The first-order valence-electron chi connectivity index (χ1n) is 8.42. The Bertz CT molecular complexity index is 1190. The SMILES string of the molecule is c1ccc2oc(-c3cnc(-c4ccncc4)nc3-c3ccncc3)nc2c1. The first-order chi connectivity index (χ1) is 13.4. The third kappa shape index (κ3) is 2.83. The van der Waals surface area contributed by atoms with Crippen LogP contribution in [0.1, 0.15) is 0 Å². The van der Waals surface area contributed by atoms with E-state index in [1.165, 1.54) is 0 Å². The fourth-order valence-electron chi connectivity index (χ4n) is 2.90. The van der Waals surface area contributed by atoms with Gasteiger partial charge in [0.2, 0.25) is 5.89 Å². The molecule has 0 N–H and O–H groups in total. The molecule has 0 spiro atoms. The first-order valence-corrected chi connectivity index (χ1v) is 8.42. The summed E-state index contributed by atoms with van der Waals surface area (Å²) in [6.45, 7) is 0. The second-order valence-corrected chi connectivity index (χ2v) is 5.91. The molecular weight excluding hydrogens is 338 g/mol. The maximum atomic E-state index is 5.95. The molecule has 6 heteroatoms. The average molecular weight is 351 g/mol. The highest BCUT2D eigenvalue weighted by Gasteiger charge is 2.17. The maximum Gasteiger partial charge on any atom is 0.231 e. The van der Waals surface area contributed by atoms with Crippen molar-refractivity contribution in [2.45, 2.75) is 0 Å². The first kappa shape index (κ1) is 15.3. The number of para-hydroxylation sites is 2. The van der Waals surface area contributed by atoms with Gasteiger partial charge in [0, 0.05) is 42.1 Å². The van der Waals surface area contributed by atoms with Gasteiger partial charge in [0.25, 0.3) is 0 Å². The summed E-state index contributed by atoms with van der Waals surface area (Å²) in [7, 11) is 0. The summed E-state index contributed by atoms with van der Waals surface area (Å²) in [4.78, 5) is 22.1. The predicted octanol–water partition coefficient (Wildman–Crippen LogP) is 4.41. The summed E-state index contributed by atoms with van der Waals surface area (Å²) in [5.41, 5.74) is 4.81. The van der Waals surface area contributed by atoms with Crippen molar-refractivity contribution in [3.05, 3.63) is 79.5 Å². The molecular formula is C21H13N5O. The Hall–Kier alpha value is -3.93. The third-order valence-electron chi connectivity index (χ3n) is 4.21. The van der Waals surface area contributed by atoms with E-state index in [0.717, 1.165) is 33.5 Å². The van der Waals surface area contributed by atoms with Crippen molar-refractivity contribution < 1.29 is 4.42 Å². The fourth-order valence-corrected chi connectivity index (χ4v) is 2.90. The van der Waals surface area contributed by atoms with Gasteiger partial charge in [-0.15, -0.1) is 0 Å². The van der Waals surface area contributed by atoms with Crippen molar-refractivity contribution >= 4 is 11.1 Å². The summed E-state index contributed by atoms with van der Waals surface area (Å²) in [6.07, 6.45) is 8.67. The number of hydrogen-bond donors (Lipinski definition) is 0. The zero-order valence-corrected chi connectivity index (χ0v) is 14.1. The van der Waals surface area contributed by atoms with Crippen LogP contribution >= 0.6 is 0 Å². The fraction of sp³-hybridized carbons (Fsp3) is 0. The lowest BCUT2D eigenvalue weighted by atomic mass is 10.1. The molecule has 0 fully saturated rings. The zero-order valence-electron chi connectivity index (χ0n) is 14.1. The smallest absolute Gasteiger partial charge is 0.231 e. The quantitative estimate of drug-likeness (QED) is 0.479. The molecule has 1 aromatic carbocycles. The molecule has 4 aromatic heterocycles. The van der Waals surface area contributed by atoms with E-state index in [-0.39, 0.29) is 0 Å². The van der Waals surface area contributed by atoms with Crippen molar-refractivity contribution in [1.82, 2.24) is 24.9 Å². The third-order valence-corrected chi connectivity index (χ3v) is 4.21. The van der Waals surface area contributed by atoms with Crippen LogP contribution < -0.4 is 0 Å². The predicted molar refractivity (Wildman–Crippen MR) is 101 cm³/mol. The summed E-state index contributed by atoms with van der Waals surface area (Å²) in [5, 5.41) is 0. The van der Waals surface area contributed by atoms with Crippen molar-refractivity contribution in [1.29, 1.82) is 0 Å². The van der Waals surface area contributed by atoms with Crippen LogP contribution in [0.15, 0.2) is 83.9 Å². The molecule has 0 atom stereocenters. The molecule has 0 aliphatic heterocycles. The van der Waals surface area contributed by atoms with Gasteiger partial charge in [-0.25, -0.2) is 15.0 Å². The molecule has 0 saturated carbocycles. The lowest BCUT2D eigenvalue weighted by molar-refractivity contribution is 0.619. The molecule has 0 saturated heterocycles. The summed E-state index contributed by atoms with van der Waals surface area (Å²) in [5.74, 6) is 1.10. The van der Waals surface area contributed by atoms with Crippen LogP contribution in [0.4, 0.5) is 0 Å². The van der Waals surface area contributed by atoms with E-state index in [1.807, 2.05) is 48.5 Å². The second kappa shape index (κ2) is 6.42. The second-order valence-electron chi connectivity index (χ2n) is 5.91. The van der Waals surface area contributed by atoms with Crippen molar-refractivity contribution in [2.24, 2.45) is 0 Å². The van der Waals surface area contributed by atoms with Gasteiger partial charge in [0.1, 0.15) is 5.52 Å². The van der Waals surface area contributed by atoms with Crippen LogP contribution in [-0.4, -0.2) is 24.9 Å². The minimum Gasteiger partial charge on any atom is -0.436 e. The van der Waals surface area contributed by atoms with E-state index in [9.17, 15) is 0 Å². The monoisotopic (exact) mass is 351 g/mol. The topological polar surface area (TPSA) is 77.6 Å². The number of benzene rings is 1. The van der Waals surface area contributed by atoms with Crippen LogP contribution in [0.5, 0.6) is 0 Å². The lowest BCUT2D eigenvalue weighted by Crippen LogP contribution is -1.96. The highest BCUT2D eigenvalue weighted by molar-refractivity contribution is 5.82. The Kier molecular flexibility index (Phi) is 3.65. The van der Waals surface area contributed by atoms with Gasteiger partial charge in [-0.05, 0) is 36.4 Å². The largest absolute Gasteiger partial charge is 0.436 e. The molecule has 0 radical (unpaired) electrons. The van der Waals surface area contributed by atoms with E-state index >= 15 is 0 Å². The molecule has 0 unspecified atom stereocenters. The van der Waals surface area contributed by atoms with E-state index in [0.29, 0.717) is 11.7 Å². The van der Waals surface area contributed by atoms with Crippen molar-refractivity contribution in [3.63, 3.8) is 0 Å².